The molecule has 78 valence electrons. The molecule has 1 atom stereocenters. The van der Waals surface area contributed by atoms with Crippen LogP contribution in [-0.2, 0) is 22.8 Å². The molecule has 0 amide bonds. The van der Waals surface area contributed by atoms with Gasteiger partial charge in [-0.3, -0.25) is 4.79 Å². The molecule has 0 spiro atoms. The lowest BCUT2D eigenvalue weighted by Crippen LogP contribution is -2.49. The Morgan fingerprint density at radius 3 is 1.69 bits per heavy atom. The first-order valence-corrected chi connectivity index (χ1v) is 5.61. The second-order valence-electron chi connectivity index (χ2n) is 2.46. The number of esters is 1. The Hall–Kier alpha value is -0.433. The summed E-state index contributed by atoms with van der Waals surface area (Å²) in [6.07, 6.45) is 0. The minimum Gasteiger partial charge on any atom is -0.469 e. The molecule has 1 unspecified atom stereocenters. The normalized spacial score (nSPS) is 13.9. The number of rotatable bonds is 5. The van der Waals surface area contributed by atoms with Gasteiger partial charge >= 0.3 is 14.8 Å². The minimum atomic E-state index is -2.88. The highest BCUT2D eigenvalue weighted by Crippen LogP contribution is 2.24. The van der Waals surface area contributed by atoms with Crippen molar-refractivity contribution in [2.45, 2.75) is 12.5 Å². The van der Waals surface area contributed by atoms with Crippen LogP contribution in [-0.4, -0.2) is 43.2 Å². The van der Waals surface area contributed by atoms with Gasteiger partial charge in [-0.1, -0.05) is 0 Å². The molecule has 0 fully saturated rings. The number of methoxy groups -OCH3 is 1. The number of carbonyl (C=O) groups excluding carboxylic acids is 1. The molecular weight excluding hydrogens is 192 g/mol. The SMILES string of the molecule is COC(=O)C(C)[Si](OC)(OC)OC. The molecule has 0 saturated carbocycles. The van der Waals surface area contributed by atoms with Crippen LogP contribution in [0.1, 0.15) is 6.92 Å². The van der Waals surface area contributed by atoms with Gasteiger partial charge in [0.1, 0.15) is 5.54 Å². The van der Waals surface area contributed by atoms with E-state index in [1.165, 1.54) is 28.4 Å². The van der Waals surface area contributed by atoms with E-state index in [9.17, 15) is 4.79 Å². The molecule has 0 saturated heterocycles. The fourth-order valence-electron chi connectivity index (χ4n) is 1.10. The van der Waals surface area contributed by atoms with E-state index in [4.69, 9.17) is 13.3 Å². The molecule has 0 N–H and O–H groups in total. The summed E-state index contributed by atoms with van der Waals surface area (Å²) >= 11 is 0. The van der Waals surface area contributed by atoms with Crippen LogP contribution in [0.2, 0.25) is 5.54 Å². The van der Waals surface area contributed by atoms with Crippen LogP contribution in [0.4, 0.5) is 0 Å². The summed E-state index contributed by atoms with van der Waals surface area (Å²) < 4.78 is 19.9. The maximum Gasteiger partial charge on any atom is 0.514 e. The van der Waals surface area contributed by atoms with Gasteiger partial charge in [-0.15, -0.1) is 0 Å². The standard InChI is InChI=1S/C7H16O5Si/c1-6(7(8)9-2)13(10-3,11-4)12-5/h6H,1-5H3. The van der Waals surface area contributed by atoms with Gasteiger partial charge in [0.25, 0.3) is 0 Å². The molecule has 0 aliphatic rings. The number of hydrogen-bond donors (Lipinski definition) is 0. The summed E-state index contributed by atoms with van der Waals surface area (Å²) in [5, 5.41) is 0. The van der Waals surface area contributed by atoms with Crippen LogP contribution in [0, 0.1) is 0 Å². The number of hydrogen-bond acceptors (Lipinski definition) is 5. The predicted molar refractivity (Wildman–Crippen MR) is 48.2 cm³/mol. The molecule has 0 aliphatic heterocycles. The van der Waals surface area contributed by atoms with Crippen LogP contribution < -0.4 is 0 Å². The zero-order valence-electron chi connectivity index (χ0n) is 8.62. The maximum absolute atomic E-state index is 11.2. The van der Waals surface area contributed by atoms with Crippen molar-refractivity contribution in [3.8, 4) is 0 Å². The van der Waals surface area contributed by atoms with Crippen LogP contribution in [0.3, 0.4) is 0 Å². The van der Waals surface area contributed by atoms with Gasteiger partial charge in [-0.2, -0.15) is 0 Å². The summed E-state index contributed by atoms with van der Waals surface area (Å²) in [6.45, 7) is 1.66. The quantitative estimate of drug-likeness (QED) is 0.484. The van der Waals surface area contributed by atoms with Crippen molar-refractivity contribution in [1.82, 2.24) is 0 Å². The van der Waals surface area contributed by atoms with E-state index in [2.05, 4.69) is 4.74 Å². The van der Waals surface area contributed by atoms with Crippen molar-refractivity contribution in [2.24, 2.45) is 0 Å². The third kappa shape index (κ3) is 2.50. The largest absolute Gasteiger partial charge is 0.514 e. The van der Waals surface area contributed by atoms with Crippen molar-refractivity contribution in [3.63, 3.8) is 0 Å². The molecule has 0 radical (unpaired) electrons. The van der Waals surface area contributed by atoms with E-state index in [1.54, 1.807) is 6.92 Å². The van der Waals surface area contributed by atoms with E-state index in [-0.39, 0.29) is 0 Å². The van der Waals surface area contributed by atoms with E-state index in [1.807, 2.05) is 0 Å². The summed E-state index contributed by atoms with van der Waals surface area (Å²) in [4.78, 5) is 11.2. The maximum atomic E-state index is 11.2. The Kier molecular flexibility index (Phi) is 5.15. The molecule has 0 aromatic heterocycles. The van der Waals surface area contributed by atoms with Gasteiger partial charge < -0.3 is 18.0 Å². The Labute approximate surface area is 79.3 Å². The second-order valence-corrected chi connectivity index (χ2v) is 5.76. The zero-order valence-corrected chi connectivity index (χ0v) is 9.62. The lowest BCUT2D eigenvalue weighted by molar-refractivity contribution is -0.141. The van der Waals surface area contributed by atoms with E-state index in [0.717, 1.165) is 0 Å². The highest BCUT2D eigenvalue weighted by Gasteiger charge is 2.49. The Morgan fingerprint density at radius 1 is 1.08 bits per heavy atom. The summed E-state index contributed by atoms with van der Waals surface area (Å²) in [7, 11) is 2.81. The average Bonchev–Trinajstić information content (AvgIpc) is 2.20. The molecule has 6 heteroatoms. The summed E-state index contributed by atoms with van der Waals surface area (Å²) in [6, 6.07) is 0. The van der Waals surface area contributed by atoms with Crippen LogP contribution in [0.5, 0.6) is 0 Å². The molecule has 0 heterocycles. The predicted octanol–water partition coefficient (Wildman–Crippen LogP) is 0.428. The first-order chi connectivity index (χ1) is 6.07. The molecule has 0 aromatic rings. The Balaban J connectivity index is 4.62. The van der Waals surface area contributed by atoms with Gasteiger partial charge in [0.15, 0.2) is 0 Å². The highest BCUT2D eigenvalue weighted by atomic mass is 28.4. The Morgan fingerprint density at radius 2 is 1.46 bits per heavy atom. The lowest BCUT2D eigenvalue weighted by Gasteiger charge is -2.28. The third-order valence-corrected chi connectivity index (χ3v) is 4.94. The molecule has 0 rings (SSSR count). The van der Waals surface area contributed by atoms with Crippen molar-refractivity contribution >= 4 is 14.8 Å². The molecular formula is C7H16O5Si. The third-order valence-electron chi connectivity index (χ3n) is 1.94. The van der Waals surface area contributed by atoms with Crippen molar-refractivity contribution in [1.29, 1.82) is 0 Å². The van der Waals surface area contributed by atoms with Gasteiger partial charge in [0.05, 0.1) is 7.11 Å². The minimum absolute atomic E-state index is 0.391. The summed E-state index contributed by atoms with van der Waals surface area (Å²) in [5.74, 6) is -0.391. The highest BCUT2D eigenvalue weighted by molar-refractivity contribution is 6.65. The molecule has 5 nitrogen and oxygen atoms in total. The van der Waals surface area contributed by atoms with Gasteiger partial charge in [0, 0.05) is 21.3 Å². The number of ether oxygens (including phenoxy) is 1. The molecule has 0 aliphatic carbocycles. The van der Waals surface area contributed by atoms with Crippen molar-refractivity contribution < 1.29 is 22.8 Å². The van der Waals surface area contributed by atoms with Crippen molar-refractivity contribution in [2.75, 3.05) is 28.4 Å². The molecule has 0 bridgehead atoms. The van der Waals surface area contributed by atoms with Crippen LogP contribution >= 0.6 is 0 Å². The van der Waals surface area contributed by atoms with E-state index in [0.29, 0.717) is 0 Å². The monoisotopic (exact) mass is 208 g/mol. The average molecular weight is 208 g/mol. The summed E-state index contributed by atoms with van der Waals surface area (Å²) in [5.41, 5.74) is -0.516. The van der Waals surface area contributed by atoms with Gasteiger partial charge in [0.2, 0.25) is 0 Å². The van der Waals surface area contributed by atoms with Crippen LogP contribution in [0.25, 0.3) is 0 Å². The first-order valence-electron chi connectivity index (χ1n) is 3.81. The lowest BCUT2D eigenvalue weighted by atomic mass is 10.5. The molecule has 13 heavy (non-hydrogen) atoms. The number of carbonyl (C=O) groups is 1. The van der Waals surface area contributed by atoms with Crippen LogP contribution in [0.15, 0.2) is 0 Å². The molecule has 0 aromatic carbocycles. The second kappa shape index (κ2) is 5.33. The van der Waals surface area contributed by atoms with Crippen molar-refractivity contribution in [3.05, 3.63) is 0 Å². The van der Waals surface area contributed by atoms with E-state index >= 15 is 0 Å². The smallest absolute Gasteiger partial charge is 0.469 e. The van der Waals surface area contributed by atoms with Gasteiger partial charge in [-0.25, -0.2) is 0 Å². The topological polar surface area (TPSA) is 54.0 Å². The van der Waals surface area contributed by atoms with Gasteiger partial charge in [-0.05, 0) is 6.92 Å². The fraction of sp³-hybridized carbons (Fsp3) is 0.857. The Bertz CT molecular complexity index is 160. The fourth-order valence-corrected chi connectivity index (χ4v) is 3.07. The van der Waals surface area contributed by atoms with E-state index < -0.39 is 20.3 Å². The first kappa shape index (κ1) is 12.6. The zero-order chi connectivity index (χ0) is 10.5.